The van der Waals surface area contributed by atoms with Crippen molar-refractivity contribution in [2.45, 2.75) is 76.6 Å². The monoisotopic (exact) mass is 525 g/mol. The molecule has 0 bridgehead atoms. The number of hydrogen-bond acceptors (Lipinski definition) is 7. The molecule has 3 atom stereocenters. The van der Waals surface area contributed by atoms with Crippen molar-refractivity contribution in [3.05, 3.63) is 12.2 Å². The number of nitrogens with one attached hydrogen (secondary N) is 3. The van der Waals surface area contributed by atoms with Crippen LogP contribution >= 0.6 is 11.8 Å². The van der Waals surface area contributed by atoms with Crippen LogP contribution in [0.4, 0.5) is 4.79 Å². The van der Waals surface area contributed by atoms with Gasteiger partial charge in [-0.05, 0) is 44.8 Å². The standard InChI is InChI=1S/C24H39N5O6S/c1-15(2)21(28-18(30)10-6-5-7-14-29-19(31)11-12-20(29)32)23(34)27-17(22(33)16(3)36-4)9-8-13-26-24(25)35/h11-12,15-17,21H,5-10,13-14H2,1-4H3,(H,27,34)(H,28,30)(H3,25,26,35)/t16?,17-,21-/m0/s1. The molecule has 0 radical (unpaired) electrons. The Morgan fingerprint density at radius 2 is 1.61 bits per heavy atom. The number of ketones is 1. The fraction of sp³-hybridized carbons (Fsp3) is 0.667. The third-order valence-electron chi connectivity index (χ3n) is 5.83. The second-order valence-electron chi connectivity index (χ2n) is 9.04. The Morgan fingerprint density at radius 3 is 2.17 bits per heavy atom. The fourth-order valence-electron chi connectivity index (χ4n) is 3.63. The molecule has 5 N–H and O–H groups in total. The zero-order valence-corrected chi connectivity index (χ0v) is 22.3. The number of amides is 6. The average molecular weight is 526 g/mol. The first kappa shape index (κ1) is 31.1. The number of unbranched alkanes of at least 4 members (excludes halogenated alkanes) is 2. The first-order chi connectivity index (χ1) is 17.0. The van der Waals surface area contributed by atoms with E-state index in [4.69, 9.17) is 5.73 Å². The van der Waals surface area contributed by atoms with Crippen LogP contribution in [0, 0.1) is 5.92 Å². The van der Waals surface area contributed by atoms with Crippen molar-refractivity contribution in [2.75, 3.05) is 19.3 Å². The molecule has 1 rings (SSSR count). The maximum atomic E-state index is 13.0. The average Bonchev–Trinajstić information content (AvgIpc) is 3.14. The molecule has 0 fully saturated rings. The number of primary amides is 1. The summed E-state index contributed by atoms with van der Waals surface area (Å²) in [5.74, 6) is -1.71. The van der Waals surface area contributed by atoms with Crippen molar-refractivity contribution < 1.29 is 28.8 Å². The molecular weight excluding hydrogens is 486 g/mol. The van der Waals surface area contributed by atoms with Gasteiger partial charge in [-0.1, -0.05) is 20.3 Å². The molecule has 0 aromatic heterocycles. The topological polar surface area (TPSA) is 168 Å². The van der Waals surface area contributed by atoms with Crippen molar-refractivity contribution in [3.63, 3.8) is 0 Å². The summed E-state index contributed by atoms with van der Waals surface area (Å²) in [6.45, 7) is 5.97. The van der Waals surface area contributed by atoms with E-state index in [0.717, 1.165) is 0 Å². The number of thioether (sulfide) groups is 1. The van der Waals surface area contributed by atoms with Gasteiger partial charge in [0.1, 0.15) is 6.04 Å². The minimum atomic E-state index is -0.813. The Morgan fingerprint density at radius 1 is 0.972 bits per heavy atom. The molecule has 0 saturated heterocycles. The summed E-state index contributed by atoms with van der Waals surface area (Å²) >= 11 is 1.37. The van der Waals surface area contributed by atoms with Crippen LogP contribution in [0.3, 0.4) is 0 Å². The van der Waals surface area contributed by atoms with Gasteiger partial charge in [0.25, 0.3) is 11.8 Å². The molecular formula is C24H39N5O6S. The number of hydrogen-bond donors (Lipinski definition) is 4. The molecule has 0 aromatic rings. The van der Waals surface area contributed by atoms with Crippen LogP contribution in [-0.2, 0) is 24.0 Å². The highest BCUT2D eigenvalue weighted by atomic mass is 32.2. The zero-order valence-electron chi connectivity index (χ0n) is 21.5. The zero-order chi connectivity index (χ0) is 27.3. The number of urea groups is 1. The van der Waals surface area contributed by atoms with Gasteiger partial charge in [-0.3, -0.25) is 28.9 Å². The maximum absolute atomic E-state index is 13.0. The second kappa shape index (κ2) is 16.0. The molecule has 0 spiro atoms. The summed E-state index contributed by atoms with van der Waals surface area (Å²) in [5.41, 5.74) is 5.07. The van der Waals surface area contributed by atoms with Gasteiger partial charge in [0.05, 0.1) is 11.3 Å². The van der Waals surface area contributed by atoms with E-state index in [0.29, 0.717) is 38.6 Å². The third-order valence-corrected chi connectivity index (χ3v) is 6.77. The molecule has 36 heavy (non-hydrogen) atoms. The largest absolute Gasteiger partial charge is 0.352 e. The van der Waals surface area contributed by atoms with Crippen LogP contribution in [0.25, 0.3) is 0 Å². The highest BCUT2D eigenvalue weighted by Crippen LogP contribution is 2.13. The molecule has 11 nitrogen and oxygen atoms in total. The summed E-state index contributed by atoms with van der Waals surface area (Å²) in [4.78, 5) is 73.5. The Labute approximate surface area is 216 Å². The van der Waals surface area contributed by atoms with E-state index < -0.39 is 24.0 Å². The number of nitrogens with zero attached hydrogens (tertiary/aromatic N) is 1. The lowest BCUT2D eigenvalue weighted by Crippen LogP contribution is -2.54. The summed E-state index contributed by atoms with van der Waals surface area (Å²) in [5, 5.41) is 7.69. The van der Waals surface area contributed by atoms with E-state index in [1.807, 2.05) is 6.26 Å². The molecule has 1 aliphatic heterocycles. The van der Waals surface area contributed by atoms with Crippen molar-refractivity contribution >= 4 is 47.2 Å². The molecule has 1 aliphatic rings. The van der Waals surface area contributed by atoms with E-state index >= 15 is 0 Å². The first-order valence-electron chi connectivity index (χ1n) is 12.2. The molecule has 0 saturated carbocycles. The summed E-state index contributed by atoms with van der Waals surface area (Å²) < 4.78 is 0. The molecule has 6 amide bonds. The first-order valence-corrected chi connectivity index (χ1v) is 13.5. The SMILES string of the molecule is CSC(C)C(=O)[C@H](CCCNC(N)=O)NC(=O)[C@@H](NC(=O)CCCCCN1C(=O)C=CC1=O)C(C)C. The van der Waals surface area contributed by atoms with Crippen molar-refractivity contribution in [1.82, 2.24) is 20.9 Å². The van der Waals surface area contributed by atoms with Crippen molar-refractivity contribution in [3.8, 4) is 0 Å². The van der Waals surface area contributed by atoms with Gasteiger partial charge in [-0.25, -0.2) is 4.79 Å². The van der Waals surface area contributed by atoms with Gasteiger partial charge in [-0.15, -0.1) is 0 Å². The van der Waals surface area contributed by atoms with E-state index in [1.54, 1.807) is 20.8 Å². The molecule has 1 heterocycles. The molecule has 1 unspecified atom stereocenters. The fourth-order valence-corrected chi connectivity index (χ4v) is 4.03. The molecule has 0 aromatic carbocycles. The predicted molar refractivity (Wildman–Crippen MR) is 138 cm³/mol. The Balaban J connectivity index is 2.57. The van der Waals surface area contributed by atoms with Gasteiger partial charge >= 0.3 is 6.03 Å². The Kier molecular flexibility index (Phi) is 13.8. The van der Waals surface area contributed by atoms with E-state index in [9.17, 15) is 28.8 Å². The minimum absolute atomic E-state index is 0.131. The lowest BCUT2D eigenvalue weighted by atomic mass is 10.00. The quantitative estimate of drug-likeness (QED) is 0.161. The summed E-state index contributed by atoms with van der Waals surface area (Å²) in [7, 11) is 0. The number of carbonyl (C=O) groups is 6. The Hall–Kier alpha value is -2.89. The summed E-state index contributed by atoms with van der Waals surface area (Å²) in [6.07, 6.45) is 7.03. The van der Waals surface area contributed by atoms with Gasteiger partial charge < -0.3 is 21.7 Å². The van der Waals surface area contributed by atoms with Crippen LogP contribution in [0.15, 0.2) is 12.2 Å². The molecule has 12 heteroatoms. The van der Waals surface area contributed by atoms with E-state index in [2.05, 4.69) is 16.0 Å². The highest BCUT2D eigenvalue weighted by Gasteiger charge is 2.30. The number of rotatable bonds is 17. The smallest absolute Gasteiger partial charge is 0.312 e. The molecule has 0 aliphatic carbocycles. The minimum Gasteiger partial charge on any atom is -0.352 e. The van der Waals surface area contributed by atoms with Crippen LogP contribution < -0.4 is 21.7 Å². The van der Waals surface area contributed by atoms with Gasteiger partial charge in [0, 0.05) is 31.7 Å². The molecule has 202 valence electrons. The third kappa shape index (κ3) is 10.8. The lowest BCUT2D eigenvalue weighted by molar-refractivity contribution is -0.137. The van der Waals surface area contributed by atoms with Crippen LogP contribution in [0.1, 0.15) is 59.3 Å². The van der Waals surface area contributed by atoms with Gasteiger partial charge in [0.2, 0.25) is 11.8 Å². The number of Topliss-reactive ketones (excluding diaryl/α,β-unsaturated/α-hetero) is 1. The Bertz CT molecular complexity index is 829. The normalized spacial score (nSPS) is 15.5. The highest BCUT2D eigenvalue weighted by molar-refractivity contribution is 7.99. The van der Waals surface area contributed by atoms with Crippen LogP contribution in [-0.4, -0.2) is 77.0 Å². The number of nitrogens with two attached hydrogens (primary N) is 1. The lowest BCUT2D eigenvalue weighted by Gasteiger charge is -2.26. The number of imide groups is 1. The van der Waals surface area contributed by atoms with E-state index in [-0.39, 0.29) is 47.6 Å². The van der Waals surface area contributed by atoms with Crippen molar-refractivity contribution in [1.29, 1.82) is 0 Å². The van der Waals surface area contributed by atoms with Gasteiger partial charge in [-0.2, -0.15) is 11.8 Å². The van der Waals surface area contributed by atoms with E-state index in [1.165, 1.54) is 28.8 Å². The number of carbonyl (C=O) groups excluding carboxylic acids is 6. The predicted octanol–water partition coefficient (Wildman–Crippen LogP) is 0.867. The summed E-state index contributed by atoms with van der Waals surface area (Å²) in [6, 6.07) is -2.22. The van der Waals surface area contributed by atoms with Crippen LogP contribution in [0.5, 0.6) is 0 Å². The van der Waals surface area contributed by atoms with Crippen LogP contribution in [0.2, 0.25) is 0 Å². The maximum Gasteiger partial charge on any atom is 0.312 e. The van der Waals surface area contributed by atoms with Gasteiger partial charge in [0.15, 0.2) is 5.78 Å². The van der Waals surface area contributed by atoms with Crippen molar-refractivity contribution in [2.24, 2.45) is 11.7 Å². The second-order valence-corrected chi connectivity index (χ2v) is 10.2.